The highest BCUT2D eigenvalue weighted by molar-refractivity contribution is 5.52. The summed E-state index contributed by atoms with van der Waals surface area (Å²) in [4.78, 5) is 20.6. The van der Waals surface area contributed by atoms with Crippen LogP contribution in [0.25, 0.3) is 0 Å². The fourth-order valence-electron chi connectivity index (χ4n) is 1.02. The van der Waals surface area contributed by atoms with Crippen molar-refractivity contribution < 1.29 is 9.59 Å². The van der Waals surface area contributed by atoms with Crippen molar-refractivity contribution in [3.63, 3.8) is 0 Å². The van der Waals surface area contributed by atoms with E-state index in [1.807, 2.05) is 6.92 Å². The first-order valence-corrected chi connectivity index (χ1v) is 4.21. The summed E-state index contributed by atoms with van der Waals surface area (Å²) in [5, 5.41) is 7.59. The summed E-state index contributed by atoms with van der Waals surface area (Å²) in [5.41, 5.74) is 0. The third kappa shape index (κ3) is 3.89. The molecule has 5 heteroatoms. The number of amides is 2. The van der Waals surface area contributed by atoms with Crippen LogP contribution >= 0.6 is 0 Å². The van der Waals surface area contributed by atoms with E-state index in [-0.39, 0.29) is 0 Å². The molecule has 1 radical (unpaired) electrons. The largest absolute Gasteiger partial charge is 0.324 e. The van der Waals surface area contributed by atoms with Gasteiger partial charge in [-0.15, -0.1) is 0 Å². The topological polar surface area (TPSA) is 70.2 Å². The Labute approximate surface area is 78.3 Å². The average molecular weight is 186 g/mol. The van der Waals surface area contributed by atoms with Gasteiger partial charge in [0.15, 0.2) is 5.79 Å². The summed E-state index contributed by atoms with van der Waals surface area (Å²) < 4.78 is 0. The van der Waals surface area contributed by atoms with Crippen LogP contribution in [0.4, 0.5) is 0 Å². The summed E-state index contributed by atoms with van der Waals surface area (Å²) >= 11 is 0. The van der Waals surface area contributed by atoms with E-state index < -0.39 is 5.79 Å². The molecule has 0 aromatic heterocycles. The molecule has 0 aliphatic heterocycles. The molecule has 0 spiro atoms. The Morgan fingerprint density at radius 3 is 2.15 bits per heavy atom. The lowest BCUT2D eigenvalue weighted by atomic mass is 10.1. The van der Waals surface area contributed by atoms with Crippen LogP contribution in [0, 0.1) is 7.05 Å². The first-order chi connectivity index (χ1) is 6.24. The quantitative estimate of drug-likeness (QED) is 0.360. The minimum Gasteiger partial charge on any atom is -0.324 e. The highest BCUT2D eigenvalue weighted by atomic mass is 16.1. The maximum Gasteiger partial charge on any atom is 0.209 e. The molecule has 75 valence electrons. The predicted octanol–water partition coefficient (Wildman–Crippen LogP) is -0.296. The lowest BCUT2D eigenvalue weighted by molar-refractivity contribution is -0.115. The molecule has 0 saturated heterocycles. The second-order valence-electron chi connectivity index (χ2n) is 2.71. The van der Waals surface area contributed by atoms with Gasteiger partial charge in [0.2, 0.25) is 12.8 Å². The summed E-state index contributed by atoms with van der Waals surface area (Å²) in [5.74, 6) is -0.903. The van der Waals surface area contributed by atoms with Crippen molar-refractivity contribution in [1.29, 1.82) is 0 Å². The molecule has 0 saturated carbocycles. The van der Waals surface area contributed by atoms with Crippen LogP contribution in [-0.4, -0.2) is 18.6 Å². The van der Waals surface area contributed by atoms with Gasteiger partial charge in [0.25, 0.3) is 0 Å². The number of carbonyl (C=O) groups is 2. The van der Waals surface area contributed by atoms with Gasteiger partial charge in [-0.2, -0.15) is 0 Å². The molecule has 0 rings (SSSR count). The van der Waals surface area contributed by atoms with E-state index in [4.69, 9.17) is 0 Å². The predicted molar refractivity (Wildman–Crippen MR) is 49.1 cm³/mol. The third-order valence-electron chi connectivity index (χ3n) is 1.82. The van der Waals surface area contributed by atoms with Crippen molar-refractivity contribution in [1.82, 2.24) is 16.0 Å². The van der Waals surface area contributed by atoms with Gasteiger partial charge in [0.1, 0.15) is 0 Å². The SMILES string of the molecule is [CH2]NC(CCCC)(NC=O)NC=O. The Balaban J connectivity index is 4.23. The molecule has 2 amide bonds. The van der Waals surface area contributed by atoms with Gasteiger partial charge in [-0.3, -0.25) is 14.9 Å². The molecule has 0 bridgehead atoms. The molecule has 0 aliphatic carbocycles. The Bertz CT molecular complexity index is 151. The number of unbranched alkanes of at least 4 members (excludes halogenated alkanes) is 1. The number of nitrogens with one attached hydrogen (secondary N) is 3. The monoisotopic (exact) mass is 186 g/mol. The molecular formula is C8H16N3O2. The Hall–Kier alpha value is -1.10. The molecule has 0 atom stereocenters. The first-order valence-electron chi connectivity index (χ1n) is 4.21. The zero-order valence-electron chi connectivity index (χ0n) is 7.80. The van der Waals surface area contributed by atoms with Gasteiger partial charge in [0, 0.05) is 13.5 Å². The van der Waals surface area contributed by atoms with Crippen LogP contribution in [-0.2, 0) is 9.59 Å². The average Bonchev–Trinajstić information content (AvgIpc) is 2.15. The molecule has 0 heterocycles. The summed E-state index contributed by atoms with van der Waals surface area (Å²) in [6.45, 7) is 2.02. The fraction of sp³-hybridized carbons (Fsp3) is 0.625. The fourth-order valence-corrected chi connectivity index (χ4v) is 1.02. The van der Waals surface area contributed by atoms with E-state index in [0.29, 0.717) is 19.2 Å². The minimum atomic E-state index is -0.903. The van der Waals surface area contributed by atoms with E-state index in [9.17, 15) is 9.59 Å². The number of hydrogen-bond donors (Lipinski definition) is 3. The van der Waals surface area contributed by atoms with Crippen molar-refractivity contribution in [2.24, 2.45) is 0 Å². The van der Waals surface area contributed by atoms with Gasteiger partial charge < -0.3 is 10.6 Å². The lowest BCUT2D eigenvalue weighted by Gasteiger charge is -2.31. The molecule has 0 aromatic carbocycles. The second kappa shape index (κ2) is 6.42. The van der Waals surface area contributed by atoms with Crippen LogP contribution < -0.4 is 16.0 Å². The molecule has 3 N–H and O–H groups in total. The van der Waals surface area contributed by atoms with E-state index in [1.54, 1.807) is 0 Å². The number of hydrogen-bond acceptors (Lipinski definition) is 3. The molecule has 0 aromatic rings. The zero-order valence-corrected chi connectivity index (χ0v) is 7.80. The molecule has 5 nitrogen and oxygen atoms in total. The van der Waals surface area contributed by atoms with Crippen molar-refractivity contribution in [2.75, 3.05) is 0 Å². The maximum atomic E-state index is 10.3. The van der Waals surface area contributed by atoms with E-state index in [0.717, 1.165) is 12.8 Å². The van der Waals surface area contributed by atoms with Crippen LogP contribution in [0.2, 0.25) is 0 Å². The van der Waals surface area contributed by atoms with Gasteiger partial charge >= 0.3 is 0 Å². The Kier molecular flexibility index (Phi) is 5.88. The van der Waals surface area contributed by atoms with Gasteiger partial charge in [0.05, 0.1) is 0 Å². The number of carbonyl (C=O) groups excluding carboxylic acids is 2. The van der Waals surface area contributed by atoms with E-state index >= 15 is 0 Å². The van der Waals surface area contributed by atoms with Gasteiger partial charge in [-0.1, -0.05) is 13.3 Å². The van der Waals surface area contributed by atoms with E-state index in [1.165, 1.54) is 0 Å². The summed E-state index contributed by atoms with van der Waals surface area (Å²) in [7, 11) is 3.46. The number of rotatable bonds is 8. The van der Waals surface area contributed by atoms with E-state index in [2.05, 4.69) is 23.0 Å². The molecule has 0 aliphatic rings. The molecule has 0 fully saturated rings. The summed E-state index contributed by atoms with van der Waals surface area (Å²) in [6.07, 6.45) is 3.52. The Morgan fingerprint density at radius 2 is 1.85 bits per heavy atom. The highest BCUT2D eigenvalue weighted by Crippen LogP contribution is 2.06. The second-order valence-corrected chi connectivity index (χ2v) is 2.71. The van der Waals surface area contributed by atoms with Crippen LogP contribution in [0.3, 0.4) is 0 Å². The lowest BCUT2D eigenvalue weighted by Crippen LogP contribution is -2.64. The maximum absolute atomic E-state index is 10.3. The van der Waals surface area contributed by atoms with Crippen LogP contribution in [0.15, 0.2) is 0 Å². The molecule has 0 unspecified atom stereocenters. The molecule has 13 heavy (non-hydrogen) atoms. The molecular weight excluding hydrogens is 170 g/mol. The van der Waals surface area contributed by atoms with Crippen molar-refractivity contribution >= 4 is 12.8 Å². The van der Waals surface area contributed by atoms with Crippen LogP contribution in [0.1, 0.15) is 26.2 Å². The van der Waals surface area contributed by atoms with Crippen molar-refractivity contribution in [3.05, 3.63) is 7.05 Å². The van der Waals surface area contributed by atoms with Gasteiger partial charge in [-0.05, 0) is 6.42 Å². The third-order valence-corrected chi connectivity index (χ3v) is 1.82. The van der Waals surface area contributed by atoms with Gasteiger partial charge in [-0.25, -0.2) is 0 Å². The Morgan fingerprint density at radius 1 is 1.31 bits per heavy atom. The van der Waals surface area contributed by atoms with Crippen LogP contribution in [0.5, 0.6) is 0 Å². The highest BCUT2D eigenvalue weighted by Gasteiger charge is 2.25. The van der Waals surface area contributed by atoms with Crippen molar-refractivity contribution in [2.45, 2.75) is 32.0 Å². The van der Waals surface area contributed by atoms with Crippen molar-refractivity contribution in [3.8, 4) is 0 Å². The standard InChI is InChI=1S/C8H16N3O2/c1-3-4-5-8(9-2,10-6-12)11-7-13/h6-7,9H,2-5H2,1H3,(H,10,12)(H,11,13). The summed E-state index contributed by atoms with van der Waals surface area (Å²) in [6, 6.07) is 0. The zero-order chi connectivity index (χ0) is 10.2. The minimum absolute atomic E-state index is 0.532. The smallest absolute Gasteiger partial charge is 0.209 e. The first kappa shape index (κ1) is 11.9. The normalized spacial score (nSPS) is 10.6.